The number of nitrogens with zero attached hydrogens (tertiary/aromatic N) is 2. The van der Waals surface area contributed by atoms with E-state index >= 15 is 0 Å². The van der Waals surface area contributed by atoms with Gasteiger partial charge in [-0.25, -0.2) is 13.8 Å². The number of carbonyl (C=O) groups is 1. The number of alkyl halides is 2. The molecule has 1 aliphatic heterocycles. The molecular weight excluding hydrogens is 328 g/mol. The van der Waals surface area contributed by atoms with Gasteiger partial charge in [-0.05, 0) is 31.9 Å². The highest BCUT2D eigenvalue weighted by Gasteiger charge is 2.42. The Bertz CT molecular complexity index is 599. The minimum Gasteiger partial charge on any atom is -0.372 e. The van der Waals surface area contributed by atoms with Crippen molar-refractivity contribution in [1.29, 1.82) is 0 Å². The second-order valence-corrected chi connectivity index (χ2v) is 7.20. The molecule has 138 valence electrons. The quantitative estimate of drug-likeness (QED) is 0.904. The highest BCUT2D eigenvalue weighted by atomic mass is 19.3. The molecular formula is C18H25F2N3O2. The third-order valence-electron chi connectivity index (χ3n) is 4.79. The van der Waals surface area contributed by atoms with E-state index in [2.05, 4.69) is 15.2 Å². The van der Waals surface area contributed by atoms with E-state index in [1.165, 1.54) is 0 Å². The molecule has 3 rings (SSSR count). The van der Waals surface area contributed by atoms with E-state index in [1.54, 1.807) is 6.20 Å². The monoisotopic (exact) mass is 353 g/mol. The molecule has 1 amide bonds. The van der Waals surface area contributed by atoms with Crippen LogP contribution in [-0.2, 0) is 16.1 Å². The lowest BCUT2D eigenvalue weighted by Crippen LogP contribution is -2.45. The van der Waals surface area contributed by atoms with E-state index in [1.807, 2.05) is 26.0 Å². The van der Waals surface area contributed by atoms with Gasteiger partial charge in [0.2, 0.25) is 11.8 Å². The van der Waals surface area contributed by atoms with E-state index in [-0.39, 0.29) is 37.4 Å². The first-order valence-corrected chi connectivity index (χ1v) is 8.83. The molecule has 3 atom stereocenters. The summed E-state index contributed by atoms with van der Waals surface area (Å²) in [5.41, 5.74) is 0.858. The van der Waals surface area contributed by atoms with Crippen molar-refractivity contribution < 1.29 is 18.3 Å². The fourth-order valence-corrected chi connectivity index (χ4v) is 3.58. The molecule has 25 heavy (non-hydrogen) atoms. The highest BCUT2D eigenvalue weighted by Crippen LogP contribution is 2.38. The molecule has 1 aromatic heterocycles. The third-order valence-corrected chi connectivity index (χ3v) is 4.79. The predicted octanol–water partition coefficient (Wildman–Crippen LogP) is 2.75. The lowest BCUT2D eigenvalue weighted by molar-refractivity contribution is -0.125. The smallest absolute Gasteiger partial charge is 0.248 e. The fourth-order valence-electron chi connectivity index (χ4n) is 3.58. The number of hydrogen-bond acceptors (Lipinski definition) is 4. The van der Waals surface area contributed by atoms with Crippen molar-refractivity contribution in [3.05, 3.63) is 23.9 Å². The van der Waals surface area contributed by atoms with Crippen LogP contribution in [0.25, 0.3) is 0 Å². The first-order valence-electron chi connectivity index (χ1n) is 8.83. The minimum atomic E-state index is -2.70. The second kappa shape index (κ2) is 7.23. The largest absolute Gasteiger partial charge is 0.372 e. The van der Waals surface area contributed by atoms with Gasteiger partial charge in [-0.15, -0.1) is 0 Å². The summed E-state index contributed by atoms with van der Waals surface area (Å²) in [5.74, 6) is -2.69. The highest BCUT2D eigenvalue weighted by molar-refractivity contribution is 5.79. The fraction of sp³-hybridized carbons (Fsp3) is 0.667. The van der Waals surface area contributed by atoms with Crippen LogP contribution in [0.5, 0.6) is 0 Å². The summed E-state index contributed by atoms with van der Waals surface area (Å²) >= 11 is 0. The first kappa shape index (κ1) is 18.0. The Morgan fingerprint density at radius 1 is 1.36 bits per heavy atom. The van der Waals surface area contributed by atoms with Crippen molar-refractivity contribution in [2.45, 2.75) is 57.8 Å². The molecule has 7 heteroatoms. The SMILES string of the molecule is CC1CN(c2ccc(CNC(=O)C3CCC(F)(F)C3)cn2)CC(C)O1. The summed E-state index contributed by atoms with van der Waals surface area (Å²) in [6, 6.07) is 3.84. The Morgan fingerprint density at radius 3 is 2.64 bits per heavy atom. The average molecular weight is 353 g/mol. The molecule has 1 aromatic rings. The minimum absolute atomic E-state index is 0.161. The van der Waals surface area contributed by atoms with Crippen molar-refractivity contribution in [3.63, 3.8) is 0 Å². The van der Waals surface area contributed by atoms with Gasteiger partial charge in [0.15, 0.2) is 0 Å². The molecule has 2 heterocycles. The van der Waals surface area contributed by atoms with Crippen molar-refractivity contribution in [3.8, 4) is 0 Å². The van der Waals surface area contributed by atoms with Crippen molar-refractivity contribution in [2.24, 2.45) is 5.92 Å². The number of nitrogens with one attached hydrogen (secondary N) is 1. The molecule has 1 aliphatic carbocycles. The van der Waals surface area contributed by atoms with Gasteiger partial charge in [-0.3, -0.25) is 4.79 Å². The molecule has 0 spiro atoms. The van der Waals surface area contributed by atoms with Crippen LogP contribution in [0, 0.1) is 5.92 Å². The first-order chi connectivity index (χ1) is 11.8. The lowest BCUT2D eigenvalue weighted by atomic mass is 10.1. The Kier molecular flexibility index (Phi) is 5.22. The van der Waals surface area contributed by atoms with Crippen LogP contribution < -0.4 is 10.2 Å². The van der Waals surface area contributed by atoms with E-state index in [0.29, 0.717) is 6.54 Å². The lowest BCUT2D eigenvalue weighted by Gasteiger charge is -2.36. The van der Waals surface area contributed by atoms with Crippen LogP contribution in [0.1, 0.15) is 38.7 Å². The number of anilines is 1. The maximum atomic E-state index is 13.2. The molecule has 1 saturated carbocycles. The van der Waals surface area contributed by atoms with Crippen LogP contribution in [-0.4, -0.2) is 42.1 Å². The van der Waals surface area contributed by atoms with E-state index in [4.69, 9.17) is 4.74 Å². The Morgan fingerprint density at radius 2 is 2.08 bits per heavy atom. The number of ether oxygens (including phenoxy) is 1. The second-order valence-electron chi connectivity index (χ2n) is 7.20. The van der Waals surface area contributed by atoms with Gasteiger partial charge in [-0.2, -0.15) is 0 Å². The maximum Gasteiger partial charge on any atom is 0.248 e. The summed E-state index contributed by atoms with van der Waals surface area (Å²) < 4.78 is 32.1. The summed E-state index contributed by atoms with van der Waals surface area (Å²) in [4.78, 5) is 18.7. The number of morpholine rings is 1. The number of hydrogen-bond donors (Lipinski definition) is 1. The summed E-state index contributed by atoms with van der Waals surface area (Å²) in [6.45, 7) is 5.98. The van der Waals surface area contributed by atoms with Crippen LogP contribution in [0.3, 0.4) is 0 Å². The zero-order valence-corrected chi connectivity index (χ0v) is 14.7. The standard InChI is InChI=1S/C18H25F2N3O2/c1-12-10-23(11-13(2)25-12)16-4-3-14(8-21-16)9-22-17(24)15-5-6-18(19,20)7-15/h3-4,8,12-13,15H,5-7,9-11H2,1-2H3,(H,22,24). The number of pyridine rings is 1. The van der Waals surface area contributed by atoms with Gasteiger partial charge in [0.25, 0.3) is 0 Å². The van der Waals surface area contributed by atoms with Crippen molar-refractivity contribution >= 4 is 11.7 Å². The number of amides is 1. The molecule has 2 aliphatic rings. The molecule has 5 nitrogen and oxygen atoms in total. The zero-order chi connectivity index (χ0) is 18.0. The molecule has 0 bridgehead atoms. The van der Waals surface area contributed by atoms with E-state index < -0.39 is 11.8 Å². The molecule has 3 unspecified atom stereocenters. The van der Waals surface area contributed by atoms with Crippen LogP contribution in [0.15, 0.2) is 18.3 Å². The Hall–Kier alpha value is -1.76. The molecule has 2 fully saturated rings. The van der Waals surface area contributed by atoms with Gasteiger partial charge in [-0.1, -0.05) is 6.07 Å². The summed E-state index contributed by atoms with van der Waals surface area (Å²) in [5, 5.41) is 2.75. The third kappa shape index (κ3) is 4.66. The Labute approximate surface area is 146 Å². The maximum absolute atomic E-state index is 13.2. The molecule has 1 N–H and O–H groups in total. The van der Waals surface area contributed by atoms with Crippen molar-refractivity contribution in [2.75, 3.05) is 18.0 Å². The normalized spacial score (nSPS) is 28.8. The Balaban J connectivity index is 1.52. The number of rotatable bonds is 4. The van der Waals surface area contributed by atoms with Crippen molar-refractivity contribution in [1.82, 2.24) is 10.3 Å². The zero-order valence-electron chi connectivity index (χ0n) is 14.7. The topological polar surface area (TPSA) is 54.5 Å². The van der Waals surface area contributed by atoms with Gasteiger partial charge in [0, 0.05) is 44.6 Å². The van der Waals surface area contributed by atoms with Gasteiger partial charge in [0.1, 0.15) is 5.82 Å². The van der Waals surface area contributed by atoms with Crippen LogP contribution >= 0.6 is 0 Å². The van der Waals surface area contributed by atoms with E-state index in [0.717, 1.165) is 24.5 Å². The summed E-state index contributed by atoms with van der Waals surface area (Å²) in [7, 11) is 0. The van der Waals surface area contributed by atoms with E-state index in [9.17, 15) is 13.6 Å². The van der Waals surface area contributed by atoms with Crippen LogP contribution in [0.2, 0.25) is 0 Å². The predicted molar refractivity (Wildman–Crippen MR) is 90.6 cm³/mol. The molecule has 0 radical (unpaired) electrons. The molecule has 0 aromatic carbocycles. The van der Waals surface area contributed by atoms with Gasteiger partial charge in [0.05, 0.1) is 12.2 Å². The average Bonchev–Trinajstić information content (AvgIpc) is 2.92. The number of carbonyl (C=O) groups excluding carboxylic acids is 1. The van der Waals surface area contributed by atoms with Gasteiger partial charge < -0.3 is 15.0 Å². The number of aromatic nitrogens is 1. The van der Waals surface area contributed by atoms with Crippen LogP contribution in [0.4, 0.5) is 14.6 Å². The molecule has 1 saturated heterocycles. The van der Waals surface area contributed by atoms with Gasteiger partial charge >= 0.3 is 0 Å². The number of halogens is 2. The summed E-state index contributed by atoms with van der Waals surface area (Å²) in [6.07, 6.45) is 1.76.